The van der Waals surface area contributed by atoms with E-state index in [2.05, 4.69) is 25.4 Å². The first-order chi connectivity index (χ1) is 22.7. The molecule has 4 aliphatic rings. The molecular weight excluding hydrogens is 626 g/mol. The molecule has 4 aromatic rings. The number of phenols is 1. The zero-order valence-electron chi connectivity index (χ0n) is 26.2. The van der Waals surface area contributed by atoms with Gasteiger partial charge >= 0.3 is 6.01 Å². The second-order valence-corrected chi connectivity index (χ2v) is 14.0. The van der Waals surface area contributed by atoms with Crippen molar-refractivity contribution in [3.05, 3.63) is 52.8 Å². The summed E-state index contributed by atoms with van der Waals surface area (Å²) in [5.74, 6) is -0.314. The summed E-state index contributed by atoms with van der Waals surface area (Å²) >= 11 is 6.66. The van der Waals surface area contributed by atoms with Crippen LogP contribution in [0.2, 0.25) is 5.02 Å². The molecule has 246 valence electrons. The number of ether oxygens (including phenoxy) is 1. The quantitative estimate of drug-likeness (QED) is 0.251. The second kappa shape index (κ2) is 11.7. The Morgan fingerprint density at radius 3 is 2.96 bits per heavy atom. The highest BCUT2D eigenvalue weighted by Crippen LogP contribution is 2.44. The first kappa shape index (κ1) is 30.5. The van der Waals surface area contributed by atoms with Crippen LogP contribution in [0.4, 0.5) is 14.6 Å². The molecule has 2 unspecified atom stereocenters. The van der Waals surface area contributed by atoms with E-state index in [4.69, 9.17) is 21.3 Å². The van der Waals surface area contributed by atoms with E-state index in [1.807, 2.05) is 0 Å². The summed E-state index contributed by atoms with van der Waals surface area (Å²) in [6.07, 6.45) is 3.24. The minimum atomic E-state index is -0.918. The van der Waals surface area contributed by atoms with Crippen LogP contribution in [0.3, 0.4) is 0 Å². The minimum absolute atomic E-state index is 0.00543. The van der Waals surface area contributed by atoms with Gasteiger partial charge in [-0.1, -0.05) is 23.7 Å². The molecule has 4 aliphatic heterocycles. The van der Waals surface area contributed by atoms with Crippen molar-refractivity contribution < 1.29 is 23.4 Å². The largest absolute Gasteiger partial charge is 0.508 e. The smallest absolute Gasteiger partial charge is 0.319 e. The van der Waals surface area contributed by atoms with Gasteiger partial charge in [-0.05, 0) is 79.9 Å². The van der Waals surface area contributed by atoms with Gasteiger partial charge in [0.25, 0.3) is 5.91 Å². The molecule has 8 rings (SSSR count). The predicted octanol–water partition coefficient (Wildman–Crippen LogP) is 5.45. The SMILES string of the molecule is CNC(=O)c1cc2c(N3CCC4CNC(C4)C3)nc(OC[C@@]34CCCN3C[C@H](F)C4)nc2c(F)c1-c1cc(O)cc2cccc(Cl)c12. The summed E-state index contributed by atoms with van der Waals surface area (Å²) in [4.78, 5) is 27.3. The Bertz CT molecular complexity index is 1910. The number of carbonyl (C=O) groups excluding carboxylic acids is 1. The Morgan fingerprint density at radius 1 is 1.23 bits per heavy atom. The number of alkyl halides is 1. The van der Waals surface area contributed by atoms with Gasteiger partial charge in [-0.2, -0.15) is 9.97 Å². The van der Waals surface area contributed by atoms with E-state index < -0.39 is 23.4 Å². The minimum Gasteiger partial charge on any atom is -0.508 e. The first-order valence-electron chi connectivity index (χ1n) is 16.4. The molecule has 0 saturated carbocycles. The number of rotatable bonds is 6. The second-order valence-electron chi connectivity index (χ2n) is 13.6. The van der Waals surface area contributed by atoms with Gasteiger partial charge in [-0.15, -0.1) is 0 Å². The number of nitrogens with one attached hydrogen (secondary N) is 2. The zero-order valence-corrected chi connectivity index (χ0v) is 26.9. The Morgan fingerprint density at radius 2 is 2.11 bits per heavy atom. The molecule has 2 bridgehead atoms. The highest BCUT2D eigenvalue weighted by molar-refractivity contribution is 6.37. The third-order valence-electron chi connectivity index (χ3n) is 10.6. The van der Waals surface area contributed by atoms with Gasteiger partial charge in [0.1, 0.15) is 29.9 Å². The molecule has 0 spiro atoms. The molecule has 4 fully saturated rings. The molecule has 0 aliphatic carbocycles. The zero-order chi connectivity index (χ0) is 32.4. The van der Waals surface area contributed by atoms with Crippen molar-refractivity contribution >= 4 is 45.0 Å². The monoisotopic (exact) mass is 662 g/mol. The molecule has 4 atom stereocenters. The summed E-state index contributed by atoms with van der Waals surface area (Å²) in [5.41, 5.74) is -0.141. The van der Waals surface area contributed by atoms with Gasteiger partial charge in [0, 0.05) is 60.5 Å². The lowest BCUT2D eigenvalue weighted by Crippen LogP contribution is -2.43. The van der Waals surface area contributed by atoms with Crippen LogP contribution in [0.15, 0.2) is 36.4 Å². The van der Waals surface area contributed by atoms with Crippen LogP contribution in [0, 0.1) is 11.7 Å². The number of halogens is 3. The van der Waals surface area contributed by atoms with Gasteiger partial charge in [0.05, 0.1) is 11.1 Å². The molecule has 3 aromatic carbocycles. The van der Waals surface area contributed by atoms with E-state index in [9.17, 15) is 14.3 Å². The third kappa shape index (κ3) is 5.23. The Hall–Kier alpha value is -3.80. The van der Waals surface area contributed by atoms with E-state index in [0.717, 1.165) is 38.8 Å². The van der Waals surface area contributed by atoms with Crippen LogP contribution < -0.4 is 20.3 Å². The van der Waals surface area contributed by atoms with Crippen LogP contribution in [0.1, 0.15) is 42.5 Å². The standard InChI is InChI=1S/C35H37ClF2N6O3/c1-39-33(46)25-13-26-31(30(38)29(25)24-12-23(45)11-20-4-2-5-27(36)28(20)24)41-34(47-18-35-7-3-8-44(35)16-21(37)14-35)42-32(26)43-9-6-19-10-22(17-43)40-15-19/h2,4-5,11-13,19,21-22,40,45H,3,6-10,14-18H2,1H3,(H,39,46)/t19?,21-,22?,35+/m1/s1. The number of fused-ring (bicyclic) bond motifs is 5. The molecular formula is C35H37ClF2N6O3. The Labute approximate surface area is 276 Å². The van der Waals surface area contributed by atoms with E-state index in [0.29, 0.717) is 59.0 Å². The fourth-order valence-electron chi connectivity index (χ4n) is 8.43. The van der Waals surface area contributed by atoms with Gasteiger partial charge < -0.3 is 25.4 Å². The lowest BCUT2D eigenvalue weighted by Gasteiger charge is -2.31. The number of hydrogen-bond acceptors (Lipinski definition) is 8. The summed E-state index contributed by atoms with van der Waals surface area (Å²) in [7, 11) is 1.49. The van der Waals surface area contributed by atoms with E-state index in [1.165, 1.54) is 13.1 Å². The third-order valence-corrected chi connectivity index (χ3v) is 10.9. The molecule has 9 nitrogen and oxygen atoms in total. The number of nitrogens with zero attached hydrogens (tertiary/aromatic N) is 4. The molecule has 5 heterocycles. The van der Waals surface area contributed by atoms with Crippen LogP contribution in [-0.4, -0.2) is 90.0 Å². The van der Waals surface area contributed by atoms with Gasteiger partial charge in [0.2, 0.25) is 0 Å². The van der Waals surface area contributed by atoms with Crippen LogP contribution in [0.25, 0.3) is 32.8 Å². The number of carbonyl (C=O) groups is 1. The predicted molar refractivity (Wildman–Crippen MR) is 178 cm³/mol. The number of anilines is 1. The average molecular weight is 663 g/mol. The lowest BCUT2D eigenvalue weighted by atomic mass is 9.91. The molecule has 4 saturated heterocycles. The molecule has 3 N–H and O–H groups in total. The Balaban J connectivity index is 1.33. The number of aromatic nitrogens is 2. The van der Waals surface area contributed by atoms with Crippen molar-refractivity contribution in [2.75, 3.05) is 51.3 Å². The van der Waals surface area contributed by atoms with Crippen molar-refractivity contribution in [1.29, 1.82) is 0 Å². The maximum Gasteiger partial charge on any atom is 0.319 e. The molecule has 1 aromatic heterocycles. The molecule has 1 amide bonds. The van der Waals surface area contributed by atoms with E-state index >= 15 is 4.39 Å². The summed E-state index contributed by atoms with van der Waals surface area (Å²) in [5, 5.41) is 18.8. The number of aromatic hydroxyl groups is 1. The number of phenolic OH excluding ortho intramolecular Hbond substituents is 1. The number of benzene rings is 3. The Kier molecular flexibility index (Phi) is 7.61. The van der Waals surface area contributed by atoms with Gasteiger partial charge in [0.15, 0.2) is 5.82 Å². The highest BCUT2D eigenvalue weighted by Gasteiger charge is 2.49. The fraction of sp³-hybridized carbons (Fsp3) is 0.457. The van der Waals surface area contributed by atoms with Crippen molar-refractivity contribution in [1.82, 2.24) is 25.5 Å². The summed E-state index contributed by atoms with van der Waals surface area (Å²) in [6.45, 7) is 3.75. The maximum atomic E-state index is 17.3. The lowest BCUT2D eigenvalue weighted by molar-refractivity contribution is 0.0963. The molecule has 47 heavy (non-hydrogen) atoms. The maximum absolute atomic E-state index is 17.3. The van der Waals surface area contributed by atoms with Crippen LogP contribution >= 0.6 is 11.6 Å². The highest BCUT2D eigenvalue weighted by atomic mass is 35.5. The summed E-state index contributed by atoms with van der Waals surface area (Å²) in [6, 6.07) is 10.1. The first-order valence-corrected chi connectivity index (χ1v) is 16.8. The van der Waals surface area contributed by atoms with Crippen LogP contribution in [-0.2, 0) is 0 Å². The normalized spacial score (nSPS) is 25.8. The van der Waals surface area contributed by atoms with Crippen LogP contribution in [0.5, 0.6) is 11.8 Å². The number of hydrogen-bond donors (Lipinski definition) is 3. The van der Waals surface area contributed by atoms with Crippen molar-refractivity contribution in [3.8, 4) is 22.9 Å². The van der Waals surface area contributed by atoms with Gasteiger partial charge in [-0.3, -0.25) is 9.69 Å². The average Bonchev–Trinajstić information content (AvgIpc) is 3.69. The number of amides is 1. The summed E-state index contributed by atoms with van der Waals surface area (Å²) < 4.78 is 38.2. The fourth-order valence-corrected chi connectivity index (χ4v) is 8.72. The van der Waals surface area contributed by atoms with Crippen molar-refractivity contribution in [2.45, 2.75) is 49.9 Å². The topological polar surface area (TPSA) is 103 Å². The van der Waals surface area contributed by atoms with E-state index in [1.54, 1.807) is 30.3 Å². The molecule has 12 heteroatoms. The van der Waals surface area contributed by atoms with E-state index in [-0.39, 0.29) is 46.6 Å². The molecule has 0 radical (unpaired) electrons. The van der Waals surface area contributed by atoms with Gasteiger partial charge in [-0.25, -0.2) is 8.78 Å². The van der Waals surface area contributed by atoms with Crippen molar-refractivity contribution in [2.24, 2.45) is 5.92 Å². The van der Waals surface area contributed by atoms with Crippen molar-refractivity contribution in [3.63, 3.8) is 0 Å².